The van der Waals surface area contributed by atoms with Gasteiger partial charge in [0.2, 0.25) is 0 Å². The molecule has 1 fully saturated rings. The lowest BCUT2D eigenvalue weighted by Gasteiger charge is -2.29. The third-order valence-electron chi connectivity index (χ3n) is 5.32. The van der Waals surface area contributed by atoms with Gasteiger partial charge in [0.25, 0.3) is 0 Å². The number of nitrogens with zero attached hydrogens (tertiary/aromatic N) is 2. The third-order valence-corrected chi connectivity index (χ3v) is 5.32. The molecule has 3 rings (SSSR count). The van der Waals surface area contributed by atoms with E-state index in [4.69, 9.17) is 4.74 Å². The van der Waals surface area contributed by atoms with E-state index in [-0.39, 0.29) is 11.8 Å². The average molecular weight is 415 g/mol. The van der Waals surface area contributed by atoms with Crippen LogP contribution in [0.4, 0.5) is 4.39 Å². The maximum atomic E-state index is 13.6. The van der Waals surface area contributed by atoms with Crippen molar-refractivity contribution in [1.29, 1.82) is 0 Å². The lowest BCUT2D eigenvalue weighted by Crippen LogP contribution is -2.42. The van der Waals surface area contributed by atoms with Crippen molar-refractivity contribution in [2.75, 3.05) is 33.3 Å². The molecule has 1 aliphatic heterocycles. The molecule has 0 spiro atoms. The Balaban J connectivity index is 1.70. The van der Waals surface area contributed by atoms with E-state index in [1.165, 1.54) is 30.5 Å². The fraction of sp³-hybridized carbons (Fsp3) is 0.435. The predicted molar refractivity (Wildman–Crippen MR) is 117 cm³/mol. The molecule has 2 aromatic carbocycles. The summed E-state index contributed by atoms with van der Waals surface area (Å²) in [6.07, 6.45) is 2.43. The number of ether oxygens (including phenoxy) is 1. The first-order valence-electron chi connectivity index (χ1n) is 10.5. The quantitative estimate of drug-likeness (QED) is 0.456. The maximum Gasteiger partial charge on any atom is 0.191 e. The van der Waals surface area contributed by atoms with Gasteiger partial charge in [-0.3, -0.25) is 4.90 Å². The third kappa shape index (κ3) is 5.86. The monoisotopic (exact) mass is 414 g/mol. The molecule has 0 aliphatic carbocycles. The van der Waals surface area contributed by atoms with Gasteiger partial charge in [-0.05, 0) is 68.2 Å². The molecule has 1 aliphatic rings. The van der Waals surface area contributed by atoms with Crippen LogP contribution in [0, 0.1) is 5.82 Å². The largest absolute Gasteiger partial charge is 0.505 e. The summed E-state index contributed by atoms with van der Waals surface area (Å²) in [5, 5.41) is 16.0. The van der Waals surface area contributed by atoms with E-state index in [1.54, 1.807) is 13.2 Å². The van der Waals surface area contributed by atoms with Crippen LogP contribution in [0.2, 0.25) is 0 Å². The molecule has 162 valence electrons. The first-order valence-corrected chi connectivity index (χ1v) is 10.5. The summed E-state index contributed by atoms with van der Waals surface area (Å²) < 4.78 is 18.9. The molecule has 1 unspecified atom stereocenters. The molecule has 0 amide bonds. The van der Waals surface area contributed by atoms with Crippen LogP contribution in [0.25, 0.3) is 0 Å². The van der Waals surface area contributed by atoms with Gasteiger partial charge in [-0.25, -0.2) is 9.38 Å². The van der Waals surface area contributed by atoms with Gasteiger partial charge in [0.15, 0.2) is 17.5 Å². The summed E-state index contributed by atoms with van der Waals surface area (Å²) in [6.45, 7) is 5.94. The first-order chi connectivity index (χ1) is 14.6. The number of nitrogens with one attached hydrogen (secondary N) is 2. The van der Waals surface area contributed by atoms with E-state index in [0.29, 0.717) is 24.6 Å². The number of hydrogen-bond acceptors (Lipinski definition) is 4. The van der Waals surface area contributed by atoms with Crippen molar-refractivity contribution in [2.24, 2.45) is 4.99 Å². The van der Waals surface area contributed by atoms with Gasteiger partial charge in [-0.1, -0.05) is 18.2 Å². The van der Waals surface area contributed by atoms with Crippen LogP contribution >= 0.6 is 0 Å². The van der Waals surface area contributed by atoms with Gasteiger partial charge in [0.05, 0.1) is 19.7 Å². The zero-order chi connectivity index (χ0) is 21.3. The molecule has 30 heavy (non-hydrogen) atoms. The lowest BCUT2D eigenvalue weighted by atomic mass is 10.1. The number of aromatic hydroxyl groups is 1. The molecule has 6 nitrogen and oxygen atoms in total. The van der Waals surface area contributed by atoms with Crippen molar-refractivity contribution in [3.63, 3.8) is 0 Å². The Labute approximate surface area is 177 Å². The van der Waals surface area contributed by atoms with E-state index in [0.717, 1.165) is 25.4 Å². The molecular formula is C23H31FN4O2. The van der Waals surface area contributed by atoms with E-state index < -0.39 is 5.82 Å². The second-order valence-corrected chi connectivity index (χ2v) is 7.39. The number of guanidine groups is 1. The van der Waals surface area contributed by atoms with Gasteiger partial charge in [0.1, 0.15) is 5.75 Å². The van der Waals surface area contributed by atoms with Crippen LogP contribution in [0.15, 0.2) is 47.5 Å². The molecule has 0 radical (unpaired) electrons. The minimum Gasteiger partial charge on any atom is -0.505 e. The zero-order valence-corrected chi connectivity index (χ0v) is 17.7. The van der Waals surface area contributed by atoms with E-state index >= 15 is 0 Å². The van der Waals surface area contributed by atoms with Crippen molar-refractivity contribution in [3.8, 4) is 11.5 Å². The Morgan fingerprint density at radius 3 is 2.53 bits per heavy atom. The fourth-order valence-corrected chi connectivity index (χ4v) is 3.69. The molecule has 1 heterocycles. The zero-order valence-electron chi connectivity index (χ0n) is 17.7. The standard InChI is InChI=1S/C23H31FN4O2/c1-3-25-23(26-15-17-6-11-22(29)20(24)14-17)27-16-21(28-12-4-5-13-28)18-7-9-19(30-2)10-8-18/h6-11,14,21,29H,3-5,12-13,15-16H2,1-2H3,(H2,25,26,27). The molecule has 2 aromatic rings. The number of rotatable bonds is 8. The number of methoxy groups -OCH3 is 1. The van der Waals surface area contributed by atoms with Crippen LogP contribution in [0.1, 0.15) is 36.9 Å². The number of phenolic OH excluding ortho intramolecular Hbond substituents is 1. The minimum absolute atomic E-state index is 0.230. The lowest BCUT2D eigenvalue weighted by molar-refractivity contribution is 0.245. The number of hydrogen-bond donors (Lipinski definition) is 3. The molecule has 0 saturated carbocycles. The molecular weight excluding hydrogens is 383 g/mol. The van der Waals surface area contributed by atoms with Crippen molar-refractivity contribution in [2.45, 2.75) is 32.4 Å². The van der Waals surface area contributed by atoms with Crippen molar-refractivity contribution in [1.82, 2.24) is 15.5 Å². The second-order valence-electron chi connectivity index (χ2n) is 7.39. The van der Waals surface area contributed by atoms with Crippen LogP contribution in [-0.4, -0.2) is 49.3 Å². The Morgan fingerprint density at radius 2 is 1.90 bits per heavy atom. The Bertz CT molecular complexity index is 836. The maximum absolute atomic E-state index is 13.6. The van der Waals surface area contributed by atoms with Crippen molar-refractivity contribution in [3.05, 3.63) is 59.4 Å². The summed E-state index contributed by atoms with van der Waals surface area (Å²) in [4.78, 5) is 7.08. The number of likely N-dealkylation sites (tertiary alicyclic amines) is 1. The number of benzene rings is 2. The Hall–Kier alpha value is -2.80. The van der Waals surface area contributed by atoms with Gasteiger partial charge >= 0.3 is 0 Å². The smallest absolute Gasteiger partial charge is 0.191 e. The predicted octanol–water partition coefficient (Wildman–Crippen LogP) is 3.43. The molecule has 3 N–H and O–H groups in total. The van der Waals surface area contributed by atoms with Gasteiger partial charge in [0, 0.05) is 13.1 Å². The van der Waals surface area contributed by atoms with Crippen LogP contribution in [0.5, 0.6) is 11.5 Å². The molecule has 0 aromatic heterocycles. The number of aliphatic imine (C=N–C) groups is 1. The molecule has 0 bridgehead atoms. The Kier molecular flexibility index (Phi) is 7.90. The average Bonchev–Trinajstić information content (AvgIpc) is 3.29. The molecule has 1 saturated heterocycles. The SMILES string of the molecule is CCNC(=NCc1ccc(O)c(F)c1)NCC(c1ccc(OC)cc1)N1CCCC1. The van der Waals surface area contributed by atoms with Crippen molar-refractivity contribution >= 4 is 5.96 Å². The highest BCUT2D eigenvalue weighted by molar-refractivity contribution is 5.79. The van der Waals surface area contributed by atoms with Gasteiger partial charge in [-0.15, -0.1) is 0 Å². The van der Waals surface area contributed by atoms with Crippen LogP contribution < -0.4 is 15.4 Å². The minimum atomic E-state index is -0.630. The van der Waals surface area contributed by atoms with Gasteiger partial charge in [-0.2, -0.15) is 0 Å². The van der Waals surface area contributed by atoms with E-state index in [9.17, 15) is 9.50 Å². The van der Waals surface area contributed by atoms with E-state index in [2.05, 4.69) is 32.7 Å². The van der Waals surface area contributed by atoms with Crippen molar-refractivity contribution < 1.29 is 14.2 Å². The van der Waals surface area contributed by atoms with Crippen LogP contribution in [0.3, 0.4) is 0 Å². The number of phenols is 1. The summed E-state index contributed by atoms with van der Waals surface area (Å²) in [7, 11) is 1.67. The van der Waals surface area contributed by atoms with Gasteiger partial charge < -0.3 is 20.5 Å². The second kappa shape index (κ2) is 10.8. The highest BCUT2D eigenvalue weighted by Gasteiger charge is 2.23. The highest BCUT2D eigenvalue weighted by atomic mass is 19.1. The fourth-order valence-electron chi connectivity index (χ4n) is 3.69. The summed E-state index contributed by atoms with van der Waals surface area (Å²) >= 11 is 0. The van der Waals surface area contributed by atoms with Crippen LogP contribution in [-0.2, 0) is 6.54 Å². The Morgan fingerprint density at radius 1 is 1.17 bits per heavy atom. The van der Waals surface area contributed by atoms with E-state index in [1.807, 2.05) is 19.1 Å². The highest BCUT2D eigenvalue weighted by Crippen LogP contribution is 2.26. The first kappa shape index (κ1) is 21.9. The summed E-state index contributed by atoms with van der Waals surface area (Å²) in [5.74, 6) is 0.557. The molecule has 7 heteroatoms. The molecule has 1 atom stereocenters. The summed E-state index contributed by atoms with van der Waals surface area (Å²) in [6, 6.07) is 12.8. The topological polar surface area (TPSA) is 69.1 Å². The number of halogens is 1. The summed E-state index contributed by atoms with van der Waals surface area (Å²) in [5.41, 5.74) is 1.94. The normalized spacial score (nSPS) is 15.8.